The Morgan fingerprint density at radius 3 is 2.46 bits per heavy atom. The highest BCUT2D eigenvalue weighted by Gasteiger charge is 2.27. The average Bonchev–Trinajstić information content (AvgIpc) is 2.72. The molecule has 1 nitrogen and oxygen atoms in total. The van der Waals surface area contributed by atoms with Crippen LogP contribution in [-0.4, -0.2) is 7.11 Å². The zero-order valence-electron chi connectivity index (χ0n) is 17.3. The van der Waals surface area contributed by atoms with Gasteiger partial charge < -0.3 is 4.74 Å². The van der Waals surface area contributed by atoms with Gasteiger partial charge >= 0.3 is 0 Å². The Morgan fingerprint density at radius 1 is 1.11 bits per heavy atom. The topological polar surface area (TPSA) is 9.23 Å². The van der Waals surface area contributed by atoms with Gasteiger partial charge in [0.2, 0.25) is 0 Å². The fraction of sp³-hybridized carbons (Fsp3) is 0.520. The summed E-state index contributed by atoms with van der Waals surface area (Å²) in [5.74, 6) is 2.28. The molecule has 0 aliphatic heterocycles. The van der Waals surface area contributed by atoms with Crippen molar-refractivity contribution < 1.29 is 9.13 Å². The Hall–Kier alpha value is -1.54. The second-order valence-corrected chi connectivity index (χ2v) is 8.70. The number of methoxy groups -OCH3 is 1. The summed E-state index contributed by atoms with van der Waals surface area (Å²) in [6, 6.07) is 10.9. The van der Waals surface area contributed by atoms with Crippen LogP contribution in [0.4, 0.5) is 4.39 Å². The van der Waals surface area contributed by atoms with Crippen LogP contribution in [0.1, 0.15) is 70.3 Å². The van der Waals surface area contributed by atoms with Gasteiger partial charge in [0.1, 0.15) is 11.6 Å². The Labute approximate surface area is 174 Å². The number of halogens is 2. The minimum absolute atomic E-state index is 0.290. The van der Waals surface area contributed by atoms with Crippen LogP contribution in [0.3, 0.4) is 0 Å². The van der Waals surface area contributed by atoms with E-state index in [-0.39, 0.29) is 5.82 Å². The largest absolute Gasteiger partial charge is 0.497 e. The zero-order valence-corrected chi connectivity index (χ0v) is 18.1. The molecule has 3 rings (SSSR count). The van der Waals surface area contributed by atoms with Crippen molar-refractivity contribution >= 4 is 11.6 Å². The molecule has 1 atom stereocenters. The van der Waals surface area contributed by atoms with Crippen LogP contribution >= 0.6 is 11.6 Å². The lowest BCUT2D eigenvalue weighted by Gasteiger charge is -2.33. The van der Waals surface area contributed by atoms with Gasteiger partial charge in [0.15, 0.2) is 0 Å². The summed E-state index contributed by atoms with van der Waals surface area (Å²) in [5.41, 5.74) is 2.55. The Bertz CT molecular complexity index is 780. The van der Waals surface area contributed by atoms with Gasteiger partial charge in [-0.15, -0.1) is 0 Å². The predicted octanol–water partition coefficient (Wildman–Crippen LogP) is 8.25. The summed E-state index contributed by atoms with van der Waals surface area (Å²) in [5, 5.41) is 0.744. The van der Waals surface area contributed by atoms with Crippen LogP contribution in [0.2, 0.25) is 5.02 Å². The third-order valence-corrected chi connectivity index (χ3v) is 6.87. The van der Waals surface area contributed by atoms with Gasteiger partial charge in [-0.1, -0.05) is 69.7 Å². The number of benzene rings is 2. The molecule has 0 radical (unpaired) electrons. The maximum Gasteiger partial charge on any atom is 0.134 e. The number of unbranched alkanes of at least 4 members (excludes halogenated alkanes) is 1. The summed E-state index contributed by atoms with van der Waals surface area (Å²) in [6.07, 6.45) is 9.33. The number of hydrogen-bond donors (Lipinski definition) is 0. The average molecular weight is 403 g/mol. The van der Waals surface area contributed by atoms with Crippen LogP contribution in [0.15, 0.2) is 36.4 Å². The van der Waals surface area contributed by atoms with E-state index in [9.17, 15) is 4.39 Å². The number of hydrogen-bond acceptors (Lipinski definition) is 1. The fourth-order valence-corrected chi connectivity index (χ4v) is 5.00. The van der Waals surface area contributed by atoms with Gasteiger partial charge in [-0.25, -0.2) is 4.39 Å². The molecule has 1 saturated carbocycles. The maximum absolute atomic E-state index is 14.4. The number of ether oxygens (including phenoxy) is 1. The molecule has 3 heteroatoms. The second-order valence-electron chi connectivity index (χ2n) is 8.29. The summed E-state index contributed by atoms with van der Waals surface area (Å²) in [6.45, 7) is 4.57. The molecular weight excluding hydrogens is 371 g/mol. The monoisotopic (exact) mass is 402 g/mol. The van der Waals surface area contributed by atoms with Gasteiger partial charge in [-0.3, -0.25) is 0 Å². The lowest BCUT2D eigenvalue weighted by Crippen LogP contribution is -2.19. The van der Waals surface area contributed by atoms with Gasteiger partial charge in [0.05, 0.1) is 7.11 Å². The van der Waals surface area contributed by atoms with Crippen molar-refractivity contribution in [3.8, 4) is 16.9 Å². The zero-order chi connectivity index (χ0) is 20.1. The van der Waals surface area contributed by atoms with Gasteiger partial charge in [0, 0.05) is 16.7 Å². The van der Waals surface area contributed by atoms with Crippen molar-refractivity contribution in [1.29, 1.82) is 0 Å². The minimum atomic E-state index is -0.290. The van der Waals surface area contributed by atoms with Crippen LogP contribution in [-0.2, 0) is 0 Å². The third-order valence-electron chi connectivity index (χ3n) is 6.54. The first kappa shape index (κ1) is 21.2. The molecule has 0 heterocycles. The Balaban J connectivity index is 1.70. The first-order valence-corrected chi connectivity index (χ1v) is 11.0. The molecule has 1 unspecified atom stereocenters. The molecule has 2 aromatic rings. The van der Waals surface area contributed by atoms with Crippen molar-refractivity contribution in [3.63, 3.8) is 0 Å². The van der Waals surface area contributed by atoms with Gasteiger partial charge in [-0.05, 0) is 59.9 Å². The van der Waals surface area contributed by atoms with E-state index < -0.39 is 0 Å². The van der Waals surface area contributed by atoms with Gasteiger partial charge in [-0.2, -0.15) is 0 Å². The van der Waals surface area contributed by atoms with E-state index in [0.717, 1.165) is 16.5 Å². The molecule has 0 amide bonds. The lowest BCUT2D eigenvalue weighted by molar-refractivity contribution is 0.237. The molecule has 1 aliphatic rings. The molecule has 0 bridgehead atoms. The SMILES string of the molecule is CCCC[C@H]1CC[C@H](C(C)c2ccc(-c3ccc(OC)cc3F)cc2Cl)CC1. The van der Waals surface area contributed by atoms with E-state index in [2.05, 4.69) is 19.9 Å². The predicted molar refractivity (Wildman–Crippen MR) is 117 cm³/mol. The van der Waals surface area contributed by atoms with E-state index in [4.69, 9.17) is 16.3 Å². The standard InChI is InChI=1S/C25H32ClFO/c1-4-5-6-18-7-9-19(10-8-18)17(2)22-13-11-20(15-24(22)26)23-14-12-21(28-3)16-25(23)27/h11-19H,4-10H2,1-3H3/t17?,18-,19-. The first-order valence-electron chi connectivity index (χ1n) is 10.7. The molecule has 152 valence electrons. The Kier molecular flexibility index (Phi) is 7.40. The quantitative estimate of drug-likeness (QED) is 0.452. The Morgan fingerprint density at radius 2 is 1.86 bits per heavy atom. The maximum atomic E-state index is 14.4. The second kappa shape index (κ2) is 9.78. The molecule has 2 aromatic carbocycles. The van der Waals surface area contributed by atoms with Gasteiger partial charge in [0.25, 0.3) is 0 Å². The molecule has 0 N–H and O–H groups in total. The highest BCUT2D eigenvalue weighted by atomic mass is 35.5. The van der Waals surface area contributed by atoms with Crippen LogP contribution < -0.4 is 4.74 Å². The number of rotatable bonds is 7. The van der Waals surface area contributed by atoms with Crippen LogP contribution in [0.5, 0.6) is 5.75 Å². The van der Waals surface area contributed by atoms with E-state index in [1.54, 1.807) is 19.2 Å². The first-order chi connectivity index (χ1) is 13.5. The van der Waals surface area contributed by atoms with E-state index in [1.165, 1.54) is 56.6 Å². The molecular formula is C25H32ClFO. The normalized spacial score (nSPS) is 20.8. The van der Waals surface area contributed by atoms with Crippen LogP contribution in [0, 0.1) is 17.7 Å². The lowest BCUT2D eigenvalue weighted by atomic mass is 9.73. The highest BCUT2D eigenvalue weighted by molar-refractivity contribution is 6.31. The van der Waals surface area contributed by atoms with Crippen LogP contribution in [0.25, 0.3) is 11.1 Å². The third kappa shape index (κ3) is 4.89. The highest BCUT2D eigenvalue weighted by Crippen LogP contribution is 2.42. The van der Waals surface area contributed by atoms with Crippen molar-refractivity contribution in [2.24, 2.45) is 11.8 Å². The fourth-order valence-electron chi connectivity index (χ4n) is 4.64. The molecule has 1 fully saturated rings. The summed E-state index contributed by atoms with van der Waals surface area (Å²) in [4.78, 5) is 0. The molecule has 0 spiro atoms. The van der Waals surface area contributed by atoms with E-state index >= 15 is 0 Å². The summed E-state index contributed by atoms with van der Waals surface area (Å²) >= 11 is 6.65. The van der Waals surface area contributed by atoms with E-state index in [0.29, 0.717) is 23.1 Å². The van der Waals surface area contributed by atoms with E-state index in [1.807, 2.05) is 12.1 Å². The smallest absolute Gasteiger partial charge is 0.134 e. The molecule has 0 saturated heterocycles. The molecule has 28 heavy (non-hydrogen) atoms. The molecule has 0 aromatic heterocycles. The van der Waals surface area contributed by atoms with Crippen molar-refractivity contribution in [2.45, 2.75) is 64.7 Å². The van der Waals surface area contributed by atoms with Crippen molar-refractivity contribution in [3.05, 3.63) is 52.8 Å². The molecule has 1 aliphatic carbocycles. The van der Waals surface area contributed by atoms with Crippen molar-refractivity contribution in [1.82, 2.24) is 0 Å². The minimum Gasteiger partial charge on any atom is -0.497 e. The van der Waals surface area contributed by atoms with Crippen molar-refractivity contribution in [2.75, 3.05) is 7.11 Å². The summed E-state index contributed by atoms with van der Waals surface area (Å²) < 4.78 is 19.5. The summed E-state index contributed by atoms with van der Waals surface area (Å²) in [7, 11) is 1.54.